The van der Waals surface area contributed by atoms with Crippen LogP contribution in [0.15, 0.2) is 0 Å². The number of carboxylic acid groups (broad SMARTS) is 1. The highest BCUT2D eigenvalue weighted by Crippen LogP contribution is 2.11. The van der Waals surface area contributed by atoms with Gasteiger partial charge in [-0.05, 0) is 25.2 Å². The minimum absolute atomic E-state index is 0.0861. The van der Waals surface area contributed by atoms with Crippen molar-refractivity contribution in [3.05, 3.63) is 0 Å². The van der Waals surface area contributed by atoms with Crippen molar-refractivity contribution in [3.63, 3.8) is 0 Å². The van der Waals surface area contributed by atoms with E-state index < -0.39 is 29.9 Å². The molecule has 3 amide bonds. The third-order valence-corrected chi connectivity index (χ3v) is 5.16. The van der Waals surface area contributed by atoms with Gasteiger partial charge in [0.05, 0.1) is 0 Å². The van der Waals surface area contributed by atoms with E-state index >= 15 is 0 Å². The molecular weight excluding hydrogens is 398 g/mol. The first-order chi connectivity index (χ1) is 14.7. The van der Waals surface area contributed by atoms with E-state index in [4.69, 9.17) is 5.73 Å². The van der Waals surface area contributed by atoms with Crippen molar-refractivity contribution in [2.24, 2.45) is 11.7 Å². The highest BCUT2D eigenvalue weighted by Gasteiger charge is 2.27. The third kappa shape index (κ3) is 16.3. The fourth-order valence-electron chi connectivity index (χ4n) is 3.38. The first-order valence-electron chi connectivity index (χ1n) is 11.8. The molecule has 0 unspecified atom stereocenters. The van der Waals surface area contributed by atoms with Crippen LogP contribution in [0.25, 0.3) is 0 Å². The van der Waals surface area contributed by atoms with Crippen LogP contribution in [0.5, 0.6) is 0 Å². The topological polar surface area (TPSA) is 139 Å². The van der Waals surface area contributed by atoms with Crippen LogP contribution < -0.4 is 16.4 Å². The Bertz CT molecular complexity index is 551. The van der Waals surface area contributed by atoms with E-state index in [-0.39, 0.29) is 24.7 Å². The van der Waals surface area contributed by atoms with Gasteiger partial charge in [0.25, 0.3) is 0 Å². The second-order valence-corrected chi connectivity index (χ2v) is 8.73. The van der Waals surface area contributed by atoms with Crippen LogP contribution in [0.1, 0.15) is 104 Å². The Labute approximate surface area is 187 Å². The Morgan fingerprint density at radius 1 is 0.806 bits per heavy atom. The highest BCUT2D eigenvalue weighted by molar-refractivity contribution is 5.90. The standard InChI is InChI=1S/C23H43N3O5/c1-4-5-6-7-8-9-10-11-12-13-21(28)25-19(16-17(2)3)22(29)26-18(23(30)31)14-15-20(24)27/h17-19H,4-16H2,1-3H3,(H2,24,27)(H,25,28)(H,26,29)(H,30,31)/t18-,19-/m0/s1. The van der Waals surface area contributed by atoms with Gasteiger partial charge in [0.15, 0.2) is 0 Å². The lowest BCUT2D eigenvalue weighted by Gasteiger charge is -2.22. The molecule has 5 N–H and O–H groups in total. The fourth-order valence-corrected chi connectivity index (χ4v) is 3.38. The van der Waals surface area contributed by atoms with E-state index in [1.165, 1.54) is 38.5 Å². The molecule has 0 aromatic carbocycles. The van der Waals surface area contributed by atoms with Crippen LogP contribution in [0.4, 0.5) is 0 Å². The molecule has 0 spiro atoms. The van der Waals surface area contributed by atoms with Crippen LogP contribution in [0.2, 0.25) is 0 Å². The van der Waals surface area contributed by atoms with Gasteiger partial charge in [0.2, 0.25) is 17.7 Å². The number of carbonyl (C=O) groups is 4. The van der Waals surface area contributed by atoms with Crippen molar-refractivity contribution < 1.29 is 24.3 Å². The smallest absolute Gasteiger partial charge is 0.326 e. The SMILES string of the molecule is CCCCCCCCCCCC(=O)N[C@@H](CC(C)C)C(=O)N[C@@H](CCC(N)=O)C(=O)O. The normalized spacial score (nSPS) is 12.9. The Kier molecular flexibility index (Phi) is 16.3. The molecule has 0 bridgehead atoms. The lowest BCUT2D eigenvalue weighted by Crippen LogP contribution is -2.52. The summed E-state index contributed by atoms with van der Waals surface area (Å²) in [5.74, 6) is -2.48. The number of primary amides is 1. The number of hydrogen-bond donors (Lipinski definition) is 4. The summed E-state index contributed by atoms with van der Waals surface area (Å²) in [7, 11) is 0. The van der Waals surface area contributed by atoms with Gasteiger partial charge in [-0.3, -0.25) is 14.4 Å². The number of nitrogens with two attached hydrogens (primary N) is 1. The number of nitrogens with one attached hydrogen (secondary N) is 2. The van der Waals surface area contributed by atoms with Crippen molar-refractivity contribution in [3.8, 4) is 0 Å². The first kappa shape index (κ1) is 28.9. The number of carboxylic acids is 1. The number of aliphatic carboxylic acids is 1. The zero-order valence-electron chi connectivity index (χ0n) is 19.6. The Balaban J connectivity index is 4.43. The summed E-state index contributed by atoms with van der Waals surface area (Å²) in [4.78, 5) is 47.2. The summed E-state index contributed by atoms with van der Waals surface area (Å²) in [6, 6.07) is -2.02. The van der Waals surface area contributed by atoms with E-state index in [1.54, 1.807) is 0 Å². The van der Waals surface area contributed by atoms with Crippen LogP contribution in [-0.2, 0) is 19.2 Å². The molecule has 0 saturated heterocycles. The van der Waals surface area contributed by atoms with Gasteiger partial charge >= 0.3 is 5.97 Å². The molecule has 0 radical (unpaired) electrons. The maximum absolute atomic E-state index is 12.6. The van der Waals surface area contributed by atoms with Crippen molar-refractivity contribution >= 4 is 23.7 Å². The summed E-state index contributed by atoms with van der Waals surface area (Å²) in [5, 5.41) is 14.4. The van der Waals surface area contributed by atoms with Crippen LogP contribution in [0.3, 0.4) is 0 Å². The molecule has 180 valence electrons. The van der Waals surface area contributed by atoms with E-state index in [0.29, 0.717) is 12.8 Å². The Morgan fingerprint density at radius 3 is 1.84 bits per heavy atom. The second kappa shape index (κ2) is 17.5. The lowest BCUT2D eigenvalue weighted by atomic mass is 10.0. The number of hydrogen-bond acceptors (Lipinski definition) is 4. The molecule has 8 nitrogen and oxygen atoms in total. The molecule has 0 aromatic heterocycles. The second-order valence-electron chi connectivity index (χ2n) is 8.73. The molecule has 0 saturated carbocycles. The molecular formula is C23H43N3O5. The molecule has 0 aliphatic heterocycles. The zero-order chi connectivity index (χ0) is 23.6. The van der Waals surface area contributed by atoms with Crippen molar-refractivity contribution in [2.75, 3.05) is 0 Å². The van der Waals surface area contributed by atoms with Gasteiger partial charge in [-0.25, -0.2) is 4.79 Å². The van der Waals surface area contributed by atoms with E-state index in [0.717, 1.165) is 19.3 Å². The van der Waals surface area contributed by atoms with Crippen molar-refractivity contribution in [1.82, 2.24) is 10.6 Å². The minimum Gasteiger partial charge on any atom is -0.480 e. The molecule has 0 aliphatic carbocycles. The van der Waals surface area contributed by atoms with Crippen LogP contribution >= 0.6 is 0 Å². The predicted octanol–water partition coefficient (Wildman–Crippen LogP) is 3.27. The van der Waals surface area contributed by atoms with Gasteiger partial charge in [0.1, 0.15) is 12.1 Å². The van der Waals surface area contributed by atoms with Gasteiger partial charge in [-0.2, -0.15) is 0 Å². The molecule has 0 aromatic rings. The molecule has 8 heteroatoms. The van der Waals surface area contributed by atoms with Gasteiger partial charge in [-0.15, -0.1) is 0 Å². The average molecular weight is 442 g/mol. The number of amides is 3. The molecule has 0 rings (SSSR count). The van der Waals surface area contributed by atoms with E-state index in [2.05, 4.69) is 17.6 Å². The summed E-state index contributed by atoms with van der Waals surface area (Å²) < 4.78 is 0. The van der Waals surface area contributed by atoms with Gasteiger partial charge in [0, 0.05) is 12.8 Å². The maximum atomic E-state index is 12.6. The molecule has 0 aliphatic rings. The predicted molar refractivity (Wildman–Crippen MR) is 121 cm³/mol. The molecule has 0 heterocycles. The Hall–Kier alpha value is -2.12. The zero-order valence-corrected chi connectivity index (χ0v) is 19.6. The third-order valence-electron chi connectivity index (χ3n) is 5.16. The monoisotopic (exact) mass is 441 g/mol. The minimum atomic E-state index is -1.24. The number of rotatable bonds is 19. The molecule has 31 heavy (non-hydrogen) atoms. The molecule has 0 fully saturated rings. The quantitative estimate of drug-likeness (QED) is 0.228. The summed E-state index contributed by atoms with van der Waals surface area (Å²) in [6.07, 6.45) is 10.9. The van der Waals surface area contributed by atoms with E-state index in [1.807, 2.05) is 13.8 Å². The van der Waals surface area contributed by atoms with Gasteiger partial charge < -0.3 is 21.5 Å². The van der Waals surface area contributed by atoms with E-state index in [9.17, 15) is 24.3 Å². The lowest BCUT2D eigenvalue weighted by molar-refractivity contribution is -0.142. The van der Waals surface area contributed by atoms with Gasteiger partial charge in [-0.1, -0.05) is 72.1 Å². The number of carbonyl (C=O) groups excluding carboxylic acids is 3. The summed E-state index contributed by atoms with van der Waals surface area (Å²) in [6.45, 7) is 6.05. The Morgan fingerprint density at radius 2 is 1.35 bits per heavy atom. The first-order valence-corrected chi connectivity index (χ1v) is 11.8. The number of unbranched alkanes of at least 4 members (excludes halogenated alkanes) is 8. The summed E-state index contributed by atoms with van der Waals surface area (Å²) in [5.41, 5.74) is 5.07. The van der Waals surface area contributed by atoms with Crippen LogP contribution in [0, 0.1) is 5.92 Å². The maximum Gasteiger partial charge on any atom is 0.326 e. The van der Waals surface area contributed by atoms with Crippen molar-refractivity contribution in [1.29, 1.82) is 0 Å². The van der Waals surface area contributed by atoms with Crippen molar-refractivity contribution in [2.45, 2.75) is 116 Å². The fraction of sp³-hybridized carbons (Fsp3) is 0.826. The average Bonchev–Trinajstić information content (AvgIpc) is 2.68. The highest BCUT2D eigenvalue weighted by atomic mass is 16.4. The molecule has 2 atom stereocenters. The summed E-state index contributed by atoms with van der Waals surface area (Å²) >= 11 is 0. The van der Waals surface area contributed by atoms with Crippen LogP contribution in [-0.4, -0.2) is 40.9 Å². The largest absolute Gasteiger partial charge is 0.480 e.